The molecule has 144 valence electrons. The molecule has 0 radical (unpaired) electrons. The normalized spacial score (nSPS) is 13.8. The molecule has 0 spiro atoms. The zero-order valence-electron chi connectivity index (χ0n) is 11.7. The van der Waals surface area contributed by atoms with Crippen LogP contribution in [0.5, 0.6) is 0 Å². The van der Waals surface area contributed by atoms with Crippen LogP contribution in [0.25, 0.3) is 10.8 Å². The summed E-state index contributed by atoms with van der Waals surface area (Å²) < 4.78 is 93.5. The number of fused-ring (bicyclic) bond motifs is 1. The van der Waals surface area contributed by atoms with Crippen LogP contribution in [0.2, 0.25) is 0 Å². The minimum Gasteiger partial charge on any atom is -0.207 e. The van der Waals surface area contributed by atoms with E-state index < -0.39 is 66.6 Å². The number of hydrogen-bond donors (Lipinski definition) is 0. The first-order valence-electron chi connectivity index (χ1n) is 5.83. The molecule has 0 aromatic heterocycles. The van der Waals surface area contributed by atoms with Crippen LogP contribution in [-0.2, 0) is 36.2 Å². The summed E-state index contributed by atoms with van der Waals surface area (Å²) >= 11 is 0. The van der Waals surface area contributed by atoms with Crippen molar-refractivity contribution < 1.29 is 33.7 Å². The predicted molar refractivity (Wildman–Crippen MR) is 96.1 cm³/mol. The van der Waals surface area contributed by atoms with Gasteiger partial charge in [-0.25, -0.2) is 33.7 Å². The lowest BCUT2D eigenvalue weighted by molar-refractivity contribution is 0.604. The summed E-state index contributed by atoms with van der Waals surface area (Å²) in [7, 11) is 2.55. The van der Waals surface area contributed by atoms with Gasteiger partial charge in [-0.15, -0.1) is 0 Å². The Kier molecular flexibility index (Phi) is 5.59. The summed E-state index contributed by atoms with van der Waals surface area (Å²) in [6, 6.07) is 2.51. The molecule has 2 rings (SSSR count). The lowest BCUT2D eigenvalue weighted by atomic mass is 10.1. The van der Waals surface area contributed by atoms with Gasteiger partial charge in [-0.1, -0.05) is 0 Å². The molecule has 0 aliphatic heterocycles. The maximum atomic E-state index is 11.8. The third-order valence-electron chi connectivity index (χ3n) is 3.03. The van der Waals surface area contributed by atoms with Gasteiger partial charge in [-0.2, -0.15) is 0 Å². The van der Waals surface area contributed by atoms with Crippen molar-refractivity contribution in [3.8, 4) is 0 Å². The molecular formula is C10H4Cl4O8S4. The molecule has 0 amide bonds. The molecule has 0 unspecified atom stereocenters. The third kappa shape index (κ3) is 4.55. The van der Waals surface area contributed by atoms with Crippen molar-refractivity contribution in [3.05, 3.63) is 24.3 Å². The van der Waals surface area contributed by atoms with Crippen molar-refractivity contribution in [2.45, 2.75) is 19.6 Å². The molecule has 8 nitrogen and oxygen atoms in total. The van der Waals surface area contributed by atoms with E-state index in [2.05, 4.69) is 0 Å². The van der Waals surface area contributed by atoms with Gasteiger partial charge in [0.05, 0.1) is 19.6 Å². The number of benzene rings is 2. The Hall–Kier alpha value is -0.340. The zero-order chi connectivity index (χ0) is 20.3. The highest BCUT2D eigenvalue weighted by atomic mass is 35.7. The largest absolute Gasteiger partial charge is 0.261 e. The van der Waals surface area contributed by atoms with Crippen LogP contribution in [0.3, 0.4) is 0 Å². The average molecular weight is 522 g/mol. The van der Waals surface area contributed by atoms with Crippen molar-refractivity contribution >= 4 is 89.7 Å². The Balaban J connectivity index is 3.31. The Bertz CT molecular complexity index is 1250. The minimum atomic E-state index is -4.66. The maximum Gasteiger partial charge on any atom is 0.261 e. The van der Waals surface area contributed by atoms with E-state index in [0.717, 1.165) is 0 Å². The highest BCUT2D eigenvalue weighted by Crippen LogP contribution is 2.37. The SMILES string of the molecule is O=S(=O)(Cl)c1cc(S(=O)(=O)Cl)c2cc(S(=O)(=O)Cl)cc(S(=O)(=O)Cl)c2c1. The zero-order valence-corrected chi connectivity index (χ0v) is 18.0. The van der Waals surface area contributed by atoms with Crippen molar-refractivity contribution in [2.75, 3.05) is 0 Å². The summed E-state index contributed by atoms with van der Waals surface area (Å²) in [6.45, 7) is 0. The summed E-state index contributed by atoms with van der Waals surface area (Å²) in [6.07, 6.45) is 0. The predicted octanol–water partition coefficient (Wildman–Crippen LogP) is 2.55. The average Bonchev–Trinajstić information content (AvgIpc) is 2.40. The summed E-state index contributed by atoms with van der Waals surface area (Å²) in [5.41, 5.74) is 0. The first-order valence-corrected chi connectivity index (χ1v) is 15.1. The van der Waals surface area contributed by atoms with Crippen LogP contribution in [0.15, 0.2) is 43.8 Å². The molecule has 0 saturated carbocycles. The lowest BCUT2D eigenvalue weighted by Crippen LogP contribution is -2.03. The Morgan fingerprint density at radius 1 is 0.462 bits per heavy atom. The van der Waals surface area contributed by atoms with E-state index in [1.165, 1.54) is 0 Å². The van der Waals surface area contributed by atoms with Crippen LogP contribution in [0, 0.1) is 0 Å². The lowest BCUT2D eigenvalue weighted by Gasteiger charge is -2.11. The molecule has 0 fully saturated rings. The van der Waals surface area contributed by atoms with E-state index in [0.29, 0.717) is 24.3 Å². The summed E-state index contributed by atoms with van der Waals surface area (Å²) in [5.74, 6) is 0. The van der Waals surface area contributed by atoms with E-state index in [4.69, 9.17) is 42.7 Å². The van der Waals surface area contributed by atoms with Gasteiger partial charge >= 0.3 is 0 Å². The molecule has 0 saturated heterocycles. The molecule has 2 aromatic rings. The fraction of sp³-hybridized carbons (Fsp3) is 0. The second kappa shape index (κ2) is 6.62. The van der Waals surface area contributed by atoms with Crippen molar-refractivity contribution in [3.63, 3.8) is 0 Å². The molecular weight excluding hydrogens is 518 g/mol. The summed E-state index contributed by atoms with van der Waals surface area (Å²) in [4.78, 5) is -3.40. The Morgan fingerprint density at radius 3 is 0.923 bits per heavy atom. The van der Waals surface area contributed by atoms with Gasteiger partial charge < -0.3 is 0 Å². The van der Waals surface area contributed by atoms with Gasteiger partial charge in [0.25, 0.3) is 36.2 Å². The van der Waals surface area contributed by atoms with Gasteiger partial charge in [0, 0.05) is 53.5 Å². The molecule has 0 N–H and O–H groups in total. The van der Waals surface area contributed by atoms with Gasteiger partial charge in [0.2, 0.25) is 0 Å². The van der Waals surface area contributed by atoms with E-state index in [9.17, 15) is 33.7 Å². The Morgan fingerprint density at radius 2 is 0.731 bits per heavy atom. The maximum absolute atomic E-state index is 11.8. The first-order chi connectivity index (χ1) is 11.4. The van der Waals surface area contributed by atoms with E-state index in [-0.39, 0.29) is 0 Å². The topological polar surface area (TPSA) is 137 Å². The van der Waals surface area contributed by atoms with E-state index in [1.54, 1.807) is 0 Å². The Labute approximate surface area is 166 Å². The highest BCUT2D eigenvalue weighted by Gasteiger charge is 2.27. The van der Waals surface area contributed by atoms with Crippen LogP contribution in [0.1, 0.15) is 0 Å². The molecule has 2 aromatic carbocycles. The minimum absolute atomic E-state index is 0.537. The van der Waals surface area contributed by atoms with E-state index >= 15 is 0 Å². The van der Waals surface area contributed by atoms with Gasteiger partial charge in [-0.05, 0) is 24.3 Å². The molecule has 26 heavy (non-hydrogen) atoms. The first kappa shape index (κ1) is 22.0. The quantitative estimate of drug-likeness (QED) is 0.559. The van der Waals surface area contributed by atoms with Crippen LogP contribution in [-0.4, -0.2) is 33.7 Å². The summed E-state index contributed by atoms with van der Waals surface area (Å²) in [5, 5.41) is -1.07. The van der Waals surface area contributed by atoms with Gasteiger partial charge in [0.15, 0.2) is 0 Å². The highest BCUT2D eigenvalue weighted by molar-refractivity contribution is 8.15. The van der Waals surface area contributed by atoms with Gasteiger partial charge in [-0.3, -0.25) is 0 Å². The van der Waals surface area contributed by atoms with Crippen molar-refractivity contribution in [1.29, 1.82) is 0 Å². The van der Waals surface area contributed by atoms with Gasteiger partial charge in [0.1, 0.15) is 0 Å². The fourth-order valence-corrected chi connectivity index (χ4v) is 5.91. The molecule has 0 bridgehead atoms. The smallest absolute Gasteiger partial charge is 0.207 e. The molecule has 0 atom stereocenters. The standard InChI is InChI=1S/C10H4Cl4O8S4/c11-23(15,16)5-1-7-8(10(3-5)26(14,21)22)2-6(24(12,17)18)4-9(7)25(13,19)20/h1-4H. The molecule has 0 aliphatic rings. The monoisotopic (exact) mass is 520 g/mol. The molecule has 0 aliphatic carbocycles. The van der Waals surface area contributed by atoms with Crippen molar-refractivity contribution in [1.82, 2.24) is 0 Å². The third-order valence-corrected chi connectivity index (χ3v) is 8.42. The second-order valence-corrected chi connectivity index (χ2v) is 14.9. The van der Waals surface area contributed by atoms with Crippen LogP contribution in [0.4, 0.5) is 0 Å². The molecule has 0 heterocycles. The second-order valence-electron chi connectivity index (χ2n) is 4.69. The van der Waals surface area contributed by atoms with Crippen LogP contribution >= 0.6 is 42.7 Å². The number of hydrogen-bond acceptors (Lipinski definition) is 8. The van der Waals surface area contributed by atoms with Crippen molar-refractivity contribution in [2.24, 2.45) is 0 Å². The number of rotatable bonds is 4. The molecule has 16 heteroatoms. The number of halogens is 4. The fourth-order valence-electron chi connectivity index (χ4n) is 2.03. The van der Waals surface area contributed by atoms with E-state index in [1.807, 2.05) is 0 Å². The van der Waals surface area contributed by atoms with Crippen LogP contribution < -0.4 is 0 Å².